The lowest BCUT2D eigenvalue weighted by Crippen LogP contribution is -2.37. The lowest BCUT2D eigenvalue weighted by molar-refractivity contribution is 0.0940. The van der Waals surface area contributed by atoms with Crippen molar-refractivity contribution in [3.63, 3.8) is 0 Å². The zero-order chi connectivity index (χ0) is 17.6. The highest BCUT2D eigenvalue weighted by Gasteiger charge is 2.44. The number of nitrogens with zero attached hydrogens (tertiary/aromatic N) is 2. The molecule has 0 bridgehead atoms. The molecule has 2 fully saturated rings. The van der Waals surface area contributed by atoms with Gasteiger partial charge >= 0.3 is 0 Å². The van der Waals surface area contributed by atoms with E-state index in [1.165, 1.54) is 60.9 Å². The molecular formula is C21H29N3O. The summed E-state index contributed by atoms with van der Waals surface area (Å²) >= 11 is 0. The minimum atomic E-state index is 0.0653. The highest BCUT2D eigenvalue weighted by molar-refractivity contribution is 5.99. The van der Waals surface area contributed by atoms with Gasteiger partial charge in [0.25, 0.3) is 5.91 Å². The summed E-state index contributed by atoms with van der Waals surface area (Å²) in [5, 5.41) is 4.39. The third-order valence-electron chi connectivity index (χ3n) is 6.41. The number of likely N-dealkylation sites (tertiary alicyclic amines) is 1. The summed E-state index contributed by atoms with van der Waals surface area (Å²) in [6.45, 7) is 8.70. The molecule has 134 valence electrons. The van der Waals surface area contributed by atoms with Gasteiger partial charge in [0.1, 0.15) is 0 Å². The Hall–Kier alpha value is -1.81. The van der Waals surface area contributed by atoms with Crippen LogP contribution in [0.15, 0.2) is 18.2 Å². The van der Waals surface area contributed by atoms with Gasteiger partial charge in [-0.15, -0.1) is 0 Å². The van der Waals surface area contributed by atoms with Crippen molar-refractivity contribution in [2.75, 3.05) is 26.2 Å². The highest BCUT2D eigenvalue weighted by Crippen LogP contribution is 2.46. The number of rotatable bonds is 5. The summed E-state index contributed by atoms with van der Waals surface area (Å²) in [4.78, 5) is 15.2. The Morgan fingerprint density at radius 1 is 1.20 bits per heavy atom. The summed E-state index contributed by atoms with van der Waals surface area (Å²) < 4.78 is 2.20. The first-order valence-corrected chi connectivity index (χ1v) is 9.55. The van der Waals surface area contributed by atoms with Crippen LogP contribution >= 0.6 is 0 Å². The van der Waals surface area contributed by atoms with E-state index in [-0.39, 0.29) is 5.91 Å². The topological polar surface area (TPSA) is 37.3 Å². The predicted molar refractivity (Wildman–Crippen MR) is 102 cm³/mol. The number of hydrogen-bond donors (Lipinski definition) is 1. The second-order valence-corrected chi connectivity index (χ2v) is 8.17. The number of carbonyl (C=O) groups is 1. The lowest BCUT2D eigenvalue weighted by Gasteiger charge is -2.23. The van der Waals surface area contributed by atoms with Gasteiger partial charge in [0.2, 0.25) is 0 Å². The van der Waals surface area contributed by atoms with Gasteiger partial charge < -0.3 is 14.8 Å². The molecule has 0 atom stereocenters. The Balaban J connectivity index is 1.44. The van der Waals surface area contributed by atoms with Crippen molar-refractivity contribution in [2.24, 2.45) is 12.5 Å². The quantitative estimate of drug-likeness (QED) is 0.906. The summed E-state index contributed by atoms with van der Waals surface area (Å²) in [5.41, 5.74) is 4.83. The van der Waals surface area contributed by atoms with Crippen LogP contribution in [0.4, 0.5) is 0 Å². The van der Waals surface area contributed by atoms with Crippen LogP contribution in [0.3, 0.4) is 0 Å². The predicted octanol–water partition coefficient (Wildman–Crippen LogP) is 3.40. The molecular weight excluding hydrogens is 310 g/mol. The van der Waals surface area contributed by atoms with Crippen LogP contribution in [0.2, 0.25) is 0 Å². The van der Waals surface area contributed by atoms with Crippen molar-refractivity contribution in [3.8, 4) is 0 Å². The van der Waals surface area contributed by atoms with Crippen molar-refractivity contribution < 1.29 is 4.79 Å². The summed E-state index contributed by atoms with van der Waals surface area (Å²) in [6.07, 6.45) is 5.16. The molecule has 0 unspecified atom stereocenters. The Kier molecular flexibility index (Phi) is 4.11. The Bertz CT molecular complexity index is 810. The van der Waals surface area contributed by atoms with Crippen LogP contribution in [0.1, 0.15) is 47.3 Å². The van der Waals surface area contributed by atoms with Crippen LogP contribution < -0.4 is 5.32 Å². The van der Waals surface area contributed by atoms with Gasteiger partial charge in [-0.2, -0.15) is 0 Å². The fraction of sp³-hybridized carbons (Fsp3) is 0.571. The van der Waals surface area contributed by atoms with E-state index in [0.29, 0.717) is 5.41 Å². The highest BCUT2D eigenvalue weighted by atomic mass is 16.1. The van der Waals surface area contributed by atoms with Gasteiger partial charge in [0.15, 0.2) is 0 Å². The molecule has 0 spiro atoms. The molecule has 1 N–H and O–H groups in total. The number of amides is 1. The van der Waals surface area contributed by atoms with Crippen molar-refractivity contribution in [3.05, 3.63) is 35.0 Å². The molecule has 4 heteroatoms. The molecule has 1 aliphatic heterocycles. The molecule has 1 aliphatic carbocycles. The van der Waals surface area contributed by atoms with Gasteiger partial charge in [-0.25, -0.2) is 0 Å². The van der Waals surface area contributed by atoms with Gasteiger partial charge in [-0.3, -0.25) is 4.79 Å². The smallest absolute Gasteiger partial charge is 0.251 e. The molecule has 4 rings (SSSR count). The molecule has 1 aromatic heterocycles. The maximum absolute atomic E-state index is 12.7. The first-order chi connectivity index (χ1) is 12.0. The maximum atomic E-state index is 12.7. The second kappa shape index (κ2) is 6.17. The molecule has 1 aromatic carbocycles. The Morgan fingerprint density at radius 2 is 1.92 bits per heavy atom. The summed E-state index contributed by atoms with van der Waals surface area (Å²) in [5.74, 6) is 0.0653. The van der Waals surface area contributed by atoms with Crippen LogP contribution in [0, 0.1) is 19.3 Å². The lowest BCUT2D eigenvalue weighted by atomic mass is 10.1. The Labute approximate surface area is 150 Å². The average molecular weight is 339 g/mol. The maximum Gasteiger partial charge on any atom is 0.251 e. The van der Waals surface area contributed by atoms with E-state index in [9.17, 15) is 4.79 Å². The SMILES string of the molecule is Cc1c(C)n(C)c2ccc(C(=O)NCC3(CN4CCCC4)CC3)cc12. The zero-order valence-corrected chi connectivity index (χ0v) is 15.7. The fourth-order valence-corrected chi connectivity index (χ4v) is 4.25. The second-order valence-electron chi connectivity index (χ2n) is 8.17. The van der Waals surface area contributed by atoms with Gasteiger partial charge in [-0.1, -0.05) is 0 Å². The van der Waals surface area contributed by atoms with Gasteiger partial charge in [0.05, 0.1) is 0 Å². The van der Waals surface area contributed by atoms with Crippen molar-refractivity contribution in [1.29, 1.82) is 0 Å². The first-order valence-electron chi connectivity index (χ1n) is 9.55. The molecule has 25 heavy (non-hydrogen) atoms. The summed E-state index contributed by atoms with van der Waals surface area (Å²) in [7, 11) is 2.08. The molecule has 2 aromatic rings. The number of aryl methyl sites for hydroxylation is 2. The van der Waals surface area contributed by atoms with E-state index < -0.39 is 0 Å². The monoisotopic (exact) mass is 339 g/mol. The molecule has 2 aliphatic rings. The van der Waals surface area contributed by atoms with E-state index in [0.717, 1.165) is 18.7 Å². The van der Waals surface area contributed by atoms with E-state index in [4.69, 9.17) is 0 Å². The molecule has 1 saturated heterocycles. The van der Waals surface area contributed by atoms with E-state index in [2.05, 4.69) is 41.7 Å². The van der Waals surface area contributed by atoms with Crippen molar-refractivity contribution >= 4 is 16.8 Å². The average Bonchev–Trinajstić information content (AvgIpc) is 3.12. The Morgan fingerprint density at radius 3 is 2.60 bits per heavy atom. The van der Waals surface area contributed by atoms with E-state index in [1.54, 1.807) is 0 Å². The number of nitrogens with one attached hydrogen (secondary N) is 1. The largest absolute Gasteiger partial charge is 0.351 e. The first kappa shape index (κ1) is 16.6. The van der Waals surface area contributed by atoms with E-state index >= 15 is 0 Å². The minimum Gasteiger partial charge on any atom is -0.351 e. The van der Waals surface area contributed by atoms with E-state index in [1.807, 2.05) is 12.1 Å². The number of fused-ring (bicyclic) bond motifs is 1. The molecule has 4 nitrogen and oxygen atoms in total. The van der Waals surface area contributed by atoms with Crippen molar-refractivity contribution in [2.45, 2.75) is 39.5 Å². The molecule has 2 heterocycles. The standard InChI is InChI=1S/C21H29N3O/c1-15-16(2)23(3)19-7-6-17(12-18(15)19)20(25)22-13-21(8-9-21)14-24-10-4-5-11-24/h6-7,12H,4-5,8-11,13-14H2,1-3H3,(H,22,25). The third kappa shape index (κ3) is 3.08. The number of hydrogen-bond acceptors (Lipinski definition) is 2. The van der Waals surface area contributed by atoms with Gasteiger partial charge in [-0.05, 0) is 76.4 Å². The fourth-order valence-electron chi connectivity index (χ4n) is 4.25. The third-order valence-corrected chi connectivity index (χ3v) is 6.41. The number of carbonyl (C=O) groups excluding carboxylic acids is 1. The van der Waals surface area contributed by atoms with Crippen LogP contribution in [0.25, 0.3) is 10.9 Å². The minimum absolute atomic E-state index is 0.0653. The molecule has 1 amide bonds. The van der Waals surface area contributed by atoms with Crippen LogP contribution in [-0.4, -0.2) is 41.6 Å². The zero-order valence-electron chi connectivity index (χ0n) is 15.7. The van der Waals surface area contributed by atoms with Crippen molar-refractivity contribution in [1.82, 2.24) is 14.8 Å². The van der Waals surface area contributed by atoms with Crippen LogP contribution in [-0.2, 0) is 7.05 Å². The normalized spacial score (nSPS) is 19.5. The molecule has 0 radical (unpaired) electrons. The number of aromatic nitrogens is 1. The summed E-state index contributed by atoms with van der Waals surface area (Å²) in [6, 6.07) is 6.07. The number of benzene rings is 1. The van der Waals surface area contributed by atoms with Gasteiger partial charge in [0, 0.05) is 47.7 Å². The van der Waals surface area contributed by atoms with Crippen LogP contribution in [0.5, 0.6) is 0 Å². The molecule has 1 saturated carbocycles.